The van der Waals surface area contributed by atoms with Gasteiger partial charge < -0.3 is 24.9 Å². The molecule has 0 atom stereocenters. The molecular weight excluding hydrogens is 211 g/mol. The van der Waals surface area contributed by atoms with Crippen LogP contribution in [0.3, 0.4) is 0 Å². The number of hydrogen-bond donors (Lipinski definition) is 4. The minimum atomic E-state index is -1.66. The van der Waals surface area contributed by atoms with Crippen molar-refractivity contribution in [3.05, 3.63) is 24.3 Å². The predicted molar refractivity (Wildman–Crippen MR) is 60.8 cm³/mol. The molecule has 0 saturated heterocycles. The Morgan fingerprint density at radius 3 is 1.50 bits per heavy atom. The van der Waals surface area contributed by atoms with Gasteiger partial charge in [0.2, 0.25) is 0 Å². The van der Waals surface area contributed by atoms with Crippen molar-refractivity contribution in [1.29, 1.82) is 0 Å². The standard InChI is InChI=1S/C6H6O2.C4H11BO3/c7-5-3-1-2-4-6(5)8;1-4(2,3)8-5(6)7/h1-4,7-8H;6-7H,1-3H3. The fourth-order valence-electron chi connectivity index (χ4n) is 0.780. The fraction of sp³-hybridized carbons (Fsp3) is 0.400. The number of phenols is 2. The van der Waals surface area contributed by atoms with Gasteiger partial charge in [0, 0.05) is 5.60 Å². The van der Waals surface area contributed by atoms with E-state index in [0.717, 1.165) is 0 Å². The lowest BCUT2D eigenvalue weighted by molar-refractivity contribution is 0.0651. The Labute approximate surface area is 95.1 Å². The van der Waals surface area contributed by atoms with E-state index in [1.165, 1.54) is 12.1 Å². The maximum Gasteiger partial charge on any atom is 0.634 e. The highest BCUT2D eigenvalue weighted by Crippen LogP contribution is 2.21. The predicted octanol–water partition coefficient (Wildman–Crippen LogP) is 0.869. The summed E-state index contributed by atoms with van der Waals surface area (Å²) < 4.78 is 4.55. The third-order valence-corrected chi connectivity index (χ3v) is 1.34. The van der Waals surface area contributed by atoms with Gasteiger partial charge in [-0.25, -0.2) is 0 Å². The van der Waals surface area contributed by atoms with E-state index in [1.54, 1.807) is 32.9 Å². The van der Waals surface area contributed by atoms with Gasteiger partial charge in [0.05, 0.1) is 0 Å². The summed E-state index contributed by atoms with van der Waals surface area (Å²) in [6.45, 7) is 5.23. The monoisotopic (exact) mass is 228 g/mol. The number of hydrogen-bond acceptors (Lipinski definition) is 5. The van der Waals surface area contributed by atoms with E-state index >= 15 is 0 Å². The Morgan fingerprint density at radius 2 is 1.38 bits per heavy atom. The van der Waals surface area contributed by atoms with Crippen molar-refractivity contribution >= 4 is 7.32 Å². The molecule has 1 aromatic carbocycles. The lowest BCUT2D eigenvalue weighted by Gasteiger charge is -2.18. The van der Waals surface area contributed by atoms with Crippen molar-refractivity contribution in [2.45, 2.75) is 26.4 Å². The number of para-hydroxylation sites is 2. The number of rotatable bonds is 1. The van der Waals surface area contributed by atoms with E-state index < -0.39 is 12.9 Å². The minimum absolute atomic E-state index is 0.0764. The van der Waals surface area contributed by atoms with Crippen LogP contribution >= 0.6 is 0 Å². The molecule has 90 valence electrons. The second-order valence-corrected chi connectivity index (χ2v) is 4.05. The third kappa shape index (κ3) is 8.10. The van der Waals surface area contributed by atoms with Crippen molar-refractivity contribution in [1.82, 2.24) is 0 Å². The average molecular weight is 228 g/mol. The third-order valence-electron chi connectivity index (χ3n) is 1.34. The molecule has 0 heterocycles. The molecule has 0 aromatic heterocycles. The molecule has 0 bridgehead atoms. The van der Waals surface area contributed by atoms with Gasteiger partial charge in [-0.15, -0.1) is 0 Å². The molecule has 5 nitrogen and oxygen atoms in total. The number of phenolic OH excluding ortho intramolecular Hbond substituents is 2. The fourth-order valence-corrected chi connectivity index (χ4v) is 0.780. The zero-order valence-corrected chi connectivity index (χ0v) is 9.58. The SMILES string of the molecule is CC(C)(C)OB(O)O.Oc1ccccc1O. The normalized spacial score (nSPS) is 10.3. The second kappa shape index (κ2) is 6.37. The molecule has 0 radical (unpaired) electrons. The first-order chi connectivity index (χ1) is 7.22. The van der Waals surface area contributed by atoms with Crippen LogP contribution in [0.25, 0.3) is 0 Å². The first kappa shape index (κ1) is 14.8. The van der Waals surface area contributed by atoms with Gasteiger partial charge in [-0.2, -0.15) is 0 Å². The summed E-state index contributed by atoms with van der Waals surface area (Å²) in [7, 11) is -1.66. The first-order valence-corrected chi connectivity index (χ1v) is 4.73. The zero-order chi connectivity index (χ0) is 12.8. The Hall–Kier alpha value is -1.24. The molecule has 0 aliphatic heterocycles. The molecule has 0 aliphatic rings. The number of benzene rings is 1. The van der Waals surface area contributed by atoms with Crippen LogP contribution in [0.1, 0.15) is 20.8 Å². The quantitative estimate of drug-likeness (QED) is 0.423. The summed E-state index contributed by atoms with van der Waals surface area (Å²) in [5.41, 5.74) is -0.478. The smallest absolute Gasteiger partial charge is 0.504 e. The van der Waals surface area contributed by atoms with Crippen LogP contribution < -0.4 is 0 Å². The highest BCUT2D eigenvalue weighted by atomic mass is 16.6. The van der Waals surface area contributed by atoms with Gasteiger partial charge in [0.1, 0.15) is 0 Å². The Balaban J connectivity index is 0.000000281. The molecular formula is C10H17BO5. The average Bonchev–Trinajstić information content (AvgIpc) is 2.06. The van der Waals surface area contributed by atoms with Crippen LogP contribution in [0.4, 0.5) is 0 Å². The molecule has 0 amide bonds. The van der Waals surface area contributed by atoms with Crippen LogP contribution in [-0.4, -0.2) is 33.2 Å². The summed E-state index contributed by atoms with van der Waals surface area (Å²) in [5, 5.41) is 33.8. The van der Waals surface area contributed by atoms with Gasteiger partial charge in [-0.3, -0.25) is 0 Å². The molecule has 0 fully saturated rings. The van der Waals surface area contributed by atoms with E-state index in [1.807, 2.05) is 0 Å². The Morgan fingerprint density at radius 1 is 1.00 bits per heavy atom. The molecule has 0 saturated carbocycles. The number of aromatic hydroxyl groups is 2. The van der Waals surface area contributed by atoms with Crippen molar-refractivity contribution in [2.75, 3.05) is 0 Å². The summed E-state index contributed by atoms with van der Waals surface area (Å²) >= 11 is 0. The van der Waals surface area contributed by atoms with Crippen LogP contribution in [0.5, 0.6) is 11.5 Å². The highest BCUT2D eigenvalue weighted by molar-refractivity contribution is 6.32. The second-order valence-electron chi connectivity index (χ2n) is 4.05. The molecule has 0 aliphatic carbocycles. The summed E-state index contributed by atoms with van der Waals surface area (Å²) in [4.78, 5) is 0. The summed E-state index contributed by atoms with van der Waals surface area (Å²) in [5.74, 6) is -0.153. The van der Waals surface area contributed by atoms with Gasteiger partial charge in [-0.05, 0) is 32.9 Å². The van der Waals surface area contributed by atoms with Crippen molar-refractivity contribution in [2.24, 2.45) is 0 Å². The van der Waals surface area contributed by atoms with E-state index in [4.69, 9.17) is 20.3 Å². The van der Waals surface area contributed by atoms with E-state index in [0.29, 0.717) is 0 Å². The van der Waals surface area contributed by atoms with E-state index in [-0.39, 0.29) is 11.5 Å². The maximum absolute atomic E-state index is 8.67. The topological polar surface area (TPSA) is 90.2 Å². The van der Waals surface area contributed by atoms with Gasteiger partial charge in [0.15, 0.2) is 11.5 Å². The summed E-state index contributed by atoms with van der Waals surface area (Å²) in [6.07, 6.45) is 0. The molecule has 0 unspecified atom stereocenters. The first-order valence-electron chi connectivity index (χ1n) is 4.73. The largest absolute Gasteiger partial charge is 0.634 e. The van der Waals surface area contributed by atoms with Gasteiger partial charge >= 0.3 is 7.32 Å². The molecule has 6 heteroatoms. The lowest BCUT2D eigenvalue weighted by Crippen LogP contribution is -2.30. The van der Waals surface area contributed by atoms with E-state index in [9.17, 15) is 0 Å². The Kier molecular flexibility index (Phi) is 5.88. The minimum Gasteiger partial charge on any atom is -0.504 e. The van der Waals surface area contributed by atoms with Gasteiger partial charge in [-0.1, -0.05) is 12.1 Å². The lowest BCUT2D eigenvalue weighted by atomic mass is 10.1. The van der Waals surface area contributed by atoms with Crippen molar-refractivity contribution in [3.8, 4) is 11.5 Å². The van der Waals surface area contributed by atoms with Crippen LogP contribution in [0.2, 0.25) is 0 Å². The van der Waals surface area contributed by atoms with Crippen molar-refractivity contribution in [3.63, 3.8) is 0 Å². The highest BCUT2D eigenvalue weighted by Gasteiger charge is 2.19. The van der Waals surface area contributed by atoms with Crippen LogP contribution in [-0.2, 0) is 4.65 Å². The molecule has 1 rings (SSSR count). The zero-order valence-electron chi connectivity index (χ0n) is 9.58. The van der Waals surface area contributed by atoms with Crippen LogP contribution in [0, 0.1) is 0 Å². The van der Waals surface area contributed by atoms with Gasteiger partial charge in [0.25, 0.3) is 0 Å². The molecule has 16 heavy (non-hydrogen) atoms. The van der Waals surface area contributed by atoms with Crippen LogP contribution in [0.15, 0.2) is 24.3 Å². The van der Waals surface area contributed by atoms with Crippen molar-refractivity contribution < 1.29 is 24.9 Å². The maximum atomic E-state index is 8.67. The Bertz CT molecular complexity index is 287. The molecule has 0 spiro atoms. The molecule has 1 aromatic rings. The van der Waals surface area contributed by atoms with E-state index in [2.05, 4.69) is 4.65 Å². The molecule has 4 N–H and O–H groups in total. The summed E-state index contributed by atoms with van der Waals surface area (Å²) in [6, 6.07) is 6.15.